The number of nitrogens with zero attached hydrogens (tertiary/aromatic N) is 7. The largest absolute Gasteiger partial charge is 0.489 e. The third kappa shape index (κ3) is 6.75. The summed E-state index contributed by atoms with van der Waals surface area (Å²) in [6.45, 7) is 6.49. The van der Waals surface area contributed by atoms with Crippen LogP contribution in [0.1, 0.15) is 35.4 Å². The molecule has 3 N–H and O–H groups in total. The van der Waals surface area contributed by atoms with Gasteiger partial charge in [0, 0.05) is 48.9 Å². The summed E-state index contributed by atoms with van der Waals surface area (Å²) in [6.07, 6.45) is 3.89. The van der Waals surface area contributed by atoms with Crippen LogP contribution in [-0.2, 0) is 30.8 Å². The van der Waals surface area contributed by atoms with Gasteiger partial charge in [0.2, 0.25) is 5.95 Å². The van der Waals surface area contributed by atoms with E-state index in [1.165, 1.54) is 11.1 Å². The lowest BCUT2D eigenvalue weighted by molar-refractivity contribution is 0.108. The number of anilines is 2. The minimum atomic E-state index is 0.318. The van der Waals surface area contributed by atoms with Crippen molar-refractivity contribution in [3.8, 4) is 17.0 Å². The second kappa shape index (κ2) is 12.8. The number of unbranched alkanes of at least 4 members (excludes halogenated alkanes) is 1. The Labute approximate surface area is 244 Å². The number of aromatic amines is 1. The first kappa shape index (κ1) is 27.4. The van der Waals surface area contributed by atoms with E-state index in [1.807, 2.05) is 30.3 Å². The number of benzene rings is 2. The van der Waals surface area contributed by atoms with E-state index in [2.05, 4.69) is 47.5 Å². The molecular formula is C29H34ClN9O2. The van der Waals surface area contributed by atoms with Crippen molar-refractivity contribution in [3.63, 3.8) is 0 Å². The van der Waals surface area contributed by atoms with Gasteiger partial charge in [-0.3, -0.25) is 4.90 Å². The zero-order chi connectivity index (χ0) is 28.0. The Bertz CT molecular complexity index is 1440. The number of aromatic nitrogens is 6. The Morgan fingerprint density at radius 1 is 0.951 bits per heavy atom. The van der Waals surface area contributed by atoms with Crippen molar-refractivity contribution in [2.75, 3.05) is 50.0 Å². The lowest BCUT2D eigenvalue weighted by Crippen LogP contribution is -2.47. The van der Waals surface area contributed by atoms with E-state index < -0.39 is 0 Å². The summed E-state index contributed by atoms with van der Waals surface area (Å²) in [5, 5.41) is 14.4. The molecule has 0 bridgehead atoms. The Morgan fingerprint density at radius 3 is 2.61 bits per heavy atom. The number of H-pyrrole nitrogens is 1. The Morgan fingerprint density at radius 2 is 1.80 bits per heavy atom. The molecule has 2 aliphatic rings. The van der Waals surface area contributed by atoms with Crippen LogP contribution in [0.5, 0.6) is 5.75 Å². The zero-order valence-corrected chi connectivity index (χ0v) is 23.7. The van der Waals surface area contributed by atoms with Gasteiger partial charge in [0.15, 0.2) is 5.82 Å². The van der Waals surface area contributed by atoms with Gasteiger partial charge < -0.3 is 20.1 Å². The second-order valence-corrected chi connectivity index (χ2v) is 10.8. The number of hydrogen-bond acceptors (Lipinski definition) is 10. The summed E-state index contributed by atoms with van der Waals surface area (Å²) >= 11 is 6.00. The van der Waals surface area contributed by atoms with Crippen LogP contribution in [0.25, 0.3) is 11.3 Å². The molecular weight excluding hydrogens is 542 g/mol. The maximum atomic E-state index is 6.24. The highest BCUT2D eigenvalue weighted by atomic mass is 35.5. The normalized spacial score (nSPS) is 15.0. The first-order chi connectivity index (χ1) is 20.1. The van der Waals surface area contributed by atoms with Gasteiger partial charge in [-0.15, -0.1) is 5.10 Å². The van der Waals surface area contributed by atoms with Crippen LogP contribution in [0.2, 0.25) is 5.02 Å². The summed E-state index contributed by atoms with van der Waals surface area (Å²) in [7, 11) is 0. The number of nitrogens with two attached hydrogens (primary N) is 1. The summed E-state index contributed by atoms with van der Waals surface area (Å²) in [4.78, 5) is 14.3. The molecule has 3 heterocycles. The molecule has 41 heavy (non-hydrogen) atoms. The fourth-order valence-corrected chi connectivity index (χ4v) is 5.57. The van der Waals surface area contributed by atoms with Crippen molar-refractivity contribution in [2.24, 2.45) is 0 Å². The Kier molecular flexibility index (Phi) is 8.54. The molecule has 2 aromatic heterocycles. The molecule has 6 rings (SSSR count). The lowest BCUT2D eigenvalue weighted by atomic mass is 9.88. The second-order valence-electron chi connectivity index (χ2n) is 10.4. The van der Waals surface area contributed by atoms with E-state index in [4.69, 9.17) is 31.8 Å². The topological polar surface area (TPSA) is 131 Å². The zero-order valence-electron chi connectivity index (χ0n) is 22.9. The molecule has 0 spiro atoms. The van der Waals surface area contributed by atoms with Gasteiger partial charge in [0.1, 0.15) is 24.8 Å². The molecule has 0 saturated carbocycles. The van der Waals surface area contributed by atoms with Gasteiger partial charge in [0.05, 0.1) is 5.69 Å². The quantitative estimate of drug-likeness (QED) is 0.255. The molecule has 1 fully saturated rings. The highest BCUT2D eigenvalue weighted by Gasteiger charge is 2.27. The summed E-state index contributed by atoms with van der Waals surface area (Å²) in [5.74, 6) is 2.80. The van der Waals surface area contributed by atoms with Crippen molar-refractivity contribution in [3.05, 3.63) is 70.0 Å². The smallest absolute Gasteiger partial charge is 0.222 e. The number of tetrazole rings is 1. The van der Waals surface area contributed by atoms with E-state index in [0.29, 0.717) is 31.6 Å². The van der Waals surface area contributed by atoms with Crippen LogP contribution < -0.4 is 15.4 Å². The van der Waals surface area contributed by atoms with E-state index in [9.17, 15) is 0 Å². The average molecular weight is 576 g/mol. The number of halogens is 1. The van der Waals surface area contributed by atoms with E-state index in [1.54, 1.807) is 0 Å². The van der Waals surface area contributed by atoms with Crippen LogP contribution in [0.4, 0.5) is 11.8 Å². The number of piperazine rings is 1. The monoisotopic (exact) mass is 575 g/mol. The summed E-state index contributed by atoms with van der Waals surface area (Å²) in [5.41, 5.74) is 11.8. The fraction of sp³-hybridized carbons (Fsp3) is 0.414. The van der Waals surface area contributed by atoms with Gasteiger partial charge in [-0.1, -0.05) is 23.7 Å². The van der Waals surface area contributed by atoms with Gasteiger partial charge >= 0.3 is 0 Å². The molecule has 214 valence electrons. The predicted molar refractivity (Wildman–Crippen MR) is 157 cm³/mol. The Balaban J connectivity index is 1.04. The van der Waals surface area contributed by atoms with Crippen LogP contribution >= 0.6 is 11.6 Å². The van der Waals surface area contributed by atoms with Gasteiger partial charge in [-0.05, 0) is 84.1 Å². The molecule has 0 atom stereocenters. The summed E-state index contributed by atoms with van der Waals surface area (Å²) in [6, 6.07) is 14.0. The first-order valence-corrected chi connectivity index (χ1v) is 14.4. The average Bonchev–Trinajstić information content (AvgIpc) is 3.52. The van der Waals surface area contributed by atoms with E-state index >= 15 is 0 Å². The third-order valence-electron chi connectivity index (χ3n) is 7.61. The highest BCUT2D eigenvalue weighted by molar-refractivity contribution is 6.30. The van der Waals surface area contributed by atoms with Crippen molar-refractivity contribution in [1.29, 1.82) is 0 Å². The van der Waals surface area contributed by atoms with Crippen molar-refractivity contribution in [2.45, 2.75) is 38.9 Å². The van der Waals surface area contributed by atoms with Gasteiger partial charge in [-0.25, -0.2) is 10.1 Å². The molecule has 0 unspecified atom stereocenters. The highest BCUT2D eigenvalue weighted by Crippen LogP contribution is 2.38. The lowest BCUT2D eigenvalue weighted by Gasteiger charge is -2.37. The number of ether oxygens (including phenoxy) is 2. The molecule has 1 aliphatic heterocycles. The number of fused-ring (bicyclic) bond motifs is 3. The fourth-order valence-electron chi connectivity index (χ4n) is 5.44. The first-order valence-electron chi connectivity index (χ1n) is 14.1. The molecule has 11 nitrogen and oxygen atoms in total. The molecule has 0 radical (unpaired) electrons. The minimum Gasteiger partial charge on any atom is -0.489 e. The van der Waals surface area contributed by atoms with E-state index in [0.717, 1.165) is 91.8 Å². The van der Waals surface area contributed by atoms with E-state index in [-0.39, 0.29) is 0 Å². The molecule has 1 aliphatic carbocycles. The van der Waals surface area contributed by atoms with Crippen LogP contribution in [0, 0.1) is 0 Å². The van der Waals surface area contributed by atoms with Crippen molar-refractivity contribution >= 4 is 23.4 Å². The van der Waals surface area contributed by atoms with Crippen molar-refractivity contribution < 1.29 is 9.47 Å². The maximum absolute atomic E-state index is 6.24. The SMILES string of the molecule is Nc1nc2c(c(N3CCN(CCCCOCc4nnn[nH]4)CC3)n1)CCc1cc(OCc3ccc(Cl)cc3)ccc1-2. The number of rotatable bonds is 11. The number of hydrogen-bond donors (Lipinski definition) is 2. The van der Waals surface area contributed by atoms with Crippen LogP contribution in [-0.4, -0.2) is 74.8 Å². The van der Waals surface area contributed by atoms with Gasteiger partial charge in [0.25, 0.3) is 0 Å². The molecule has 12 heteroatoms. The number of aryl methyl sites for hydroxylation is 1. The molecule has 2 aromatic carbocycles. The number of nitrogens with one attached hydrogen (secondary N) is 1. The number of nitrogen functional groups attached to an aromatic ring is 1. The third-order valence-corrected chi connectivity index (χ3v) is 7.86. The Hall–Kier alpha value is -3.80. The minimum absolute atomic E-state index is 0.318. The van der Waals surface area contributed by atoms with Gasteiger partial charge in [-0.2, -0.15) is 4.98 Å². The maximum Gasteiger partial charge on any atom is 0.222 e. The molecule has 4 aromatic rings. The standard InChI is InChI=1S/C29H34ClN9O2/c30-22-6-3-20(4-7-22)18-41-23-8-10-24-21(17-23)5-9-25-27(24)32-29(31)33-28(25)39-14-12-38(13-15-39)11-1-2-16-40-19-26-34-36-37-35-26/h3-4,6-8,10,17H,1-2,5,9,11-16,18-19H2,(H2,31,32,33)(H,34,35,36,37). The summed E-state index contributed by atoms with van der Waals surface area (Å²) < 4.78 is 11.7. The molecule has 1 saturated heterocycles. The predicted octanol–water partition coefficient (Wildman–Crippen LogP) is 3.69. The molecule has 0 amide bonds. The van der Waals surface area contributed by atoms with Crippen LogP contribution in [0.15, 0.2) is 42.5 Å². The van der Waals surface area contributed by atoms with Crippen molar-refractivity contribution in [1.82, 2.24) is 35.5 Å². The van der Waals surface area contributed by atoms with Crippen LogP contribution in [0.3, 0.4) is 0 Å².